The number of hydrogen-bond acceptors (Lipinski definition) is 3. The molecule has 0 bridgehead atoms. The minimum Gasteiger partial charge on any atom is -0.382 e. The number of amides is 1. The van der Waals surface area contributed by atoms with Crippen LogP contribution in [-0.2, 0) is 11.3 Å². The number of anilines is 1. The molecule has 0 saturated carbocycles. The number of halogens is 3. The summed E-state index contributed by atoms with van der Waals surface area (Å²) in [6.07, 6.45) is 3.31. The third-order valence-corrected chi connectivity index (χ3v) is 2.94. The van der Waals surface area contributed by atoms with E-state index < -0.39 is 17.5 Å². The Bertz CT molecular complexity index is 650. The number of nitrogens with one attached hydrogen (secondary N) is 2. The first-order valence-electron chi connectivity index (χ1n) is 6.61. The predicted molar refractivity (Wildman–Crippen MR) is 75.5 cm³/mol. The zero-order valence-electron chi connectivity index (χ0n) is 11.6. The number of benzene rings is 1. The van der Waals surface area contributed by atoms with Crippen LogP contribution in [0.1, 0.15) is 12.0 Å². The molecule has 1 heterocycles. The molecule has 0 aliphatic carbocycles. The van der Waals surface area contributed by atoms with Crippen molar-refractivity contribution in [1.29, 1.82) is 0 Å². The van der Waals surface area contributed by atoms with E-state index in [0.717, 1.165) is 17.7 Å². The highest BCUT2D eigenvalue weighted by molar-refractivity contribution is 5.76. The van der Waals surface area contributed by atoms with Crippen molar-refractivity contribution in [2.45, 2.75) is 13.0 Å². The van der Waals surface area contributed by atoms with Crippen molar-refractivity contribution in [1.82, 2.24) is 10.3 Å². The second-order valence-electron chi connectivity index (χ2n) is 4.53. The highest BCUT2D eigenvalue weighted by Gasteiger charge is 2.13. The van der Waals surface area contributed by atoms with E-state index in [-0.39, 0.29) is 24.6 Å². The van der Waals surface area contributed by atoms with Crippen molar-refractivity contribution in [2.75, 3.05) is 11.9 Å². The van der Waals surface area contributed by atoms with Gasteiger partial charge in [-0.3, -0.25) is 9.78 Å². The quantitative estimate of drug-likeness (QED) is 0.807. The third-order valence-electron chi connectivity index (χ3n) is 2.94. The first kappa shape index (κ1) is 15.8. The van der Waals surface area contributed by atoms with Crippen molar-refractivity contribution in [3.63, 3.8) is 0 Å². The van der Waals surface area contributed by atoms with Gasteiger partial charge in [0, 0.05) is 31.9 Å². The smallest absolute Gasteiger partial charge is 0.222 e. The average Bonchev–Trinajstić information content (AvgIpc) is 2.54. The van der Waals surface area contributed by atoms with Gasteiger partial charge in [0.15, 0.2) is 17.5 Å². The fourth-order valence-electron chi connectivity index (χ4n) is 1.76. The normalized spacial score (nSPS) is 10.3. The van der Waals surface area contributed by atoms with Crippen molar-refractivity contribution < 1.29 is 18.0 Å². The van der Waals surface area contributed by atoms with Gasteiger partial charge in [-0.05, 0) is 29.8 Å². The lowest BCUT2D eigenvalue weighted by Gasteiger charge is -2.09. The second kappa shape index (κ2) is 7.44. The molecular formula is C15H14F3N3O. The molecule has 0 saturated heterocycles. The first-order valence-corrected chi connectivity index (χ1v) is 6.61. The first-order chi connectivity index (χ1) is 10.6. The number of rotatable bonds is 6. The van der Waals surface area contributed by atoms with E-state index in [1.54, 1.807) is 24.5 Å². The Morgan fingerprint density at radius 2 is 1.77 bits per heavy atom. The molecule has 0 unspecified atom stereocenters. The van der Waals surface area contributed by atoms with Crippen LogP contribution in [0.25, 0.3) is 0 Å². The molecule has 1 amide bonds. The monoisotopic (exact) mass is 309 g/mol. The summed E-state index contributed by atoms with van der Waals surface area (Å²) in [7, 11) is 0. The van der Waals surface area contributed by atoms with Gasteiger partial charge in [-0.2, -0.15) is 0 Å². The van der Waals surface area contributed by atoms with Crippen LogP contribution in [0.3, 0.4) is 0 Å². The maximum Gasteiger partial charge on any atom is 0.222 e. The summed E-state index contributed by atoms with van der Waals surface area (Å²) < 4.78 is 39.1. The van der Waals surface area contributed by atoms with Gasteiger partial charge in [-0.25, -0.2) is 13.2 Å². The summed E-state index contributed by atoms with van der Waals surface area (Å²) in [5.41, 5.74) is 0.726. The predicted octanol–water partition coefficient (Wildman–Crippen LogP) is 2.62. The van der Waals surface area contributed by atoms with Crippen LogP contribution in [0, 0.1) is 17.5 Å². The fourth-order valence-corrected chi connectivity index (χ4v) is 1.76. The Hall–Kier alpha value is -2.57. The second-order valence-corrected chi connectivity index (χ2v) is 4.53. The minimum atomic E-state index is -1.54. The molecule has 0 spiro atoms. The van der Waals surface area contributed by atoms with Crippen LogP contribution in [0.4, 0.5) is 18.9 Å². The van der Waals surface area contributed by atoms with E-state index in [1.165, 1.54) is 0 Å². The number of hydrogen-bond donors (Lipinski definition) is 2. The number of carbonyl (C=O) groups is 1. The van der Waals surface area contributed by atoms with Gasteiger partial charge in [0.2, 0.25) is 5.91 Å². The topological polar surface area (TPSA) is 54.0 Å². The van der Waals surface area contributed by atoms with Gasteiger partial charge in [0.05, 0.1) is 5.69 Å². The minimum absolute atomic E-state index is 0.0729. The molecule has 2 aromatic rings. The van der Waals surface area contributed by atoms with E-state index in [4.69, 9.17) is 0 Å². The van der Waals surface area contributed by atoms with Gasteiger partial charge < -0.3 is 10.6 Å². The molecule has 0 radical (unpaired) electrons. The summed E-state index contributed by atoms with van der Waals surface area (Å²) in [6, 6.07) is 5.46. The highest BCUT2D eigenvalue weighted by Crippen LogP contribution is 2.19. The maximum atomic E-state index is 13.4. The molecule has 116 valence electrons. The van der Waals surface area contributed by atoms with Crippen LogP contribution >= 0.6 is 0 Å². The lowest BCUT2D eigenvalue weighted by atomic mass is 10.2. The lowest BCUT2D eigenvalue weighted by Crippen LogP contribution is -2.25. The van der Waals surface area contributed by atoms with E-state index in [0.29, 0.717) is 6.54 Å². The number of nitrogens with zero attached hydrogens (tertiary/aromatic N) is 1. The molecule has 0 aliphatic rings. The standard InChI is InChI=1S/C15H14F3N3O/c16-11-1-2-12(15(18)14(11)17)20-8-5-13(22)21-9-10-3-6-19-7-4-10/h1-4,6-7,20H,5,8-9H2,(H,21,22). The van der Waals surface area contributed by atoms with Crippen LogP contribution in [0.5, 0.6) is 0 Å². The van der Waals surface area contributed by atoms with Gasteiger partial charge in [0.25, 0.3) is 0 Å². The summed E-state index contributed by atoms with van der Waals surface area (Å²) in [5, 5.41) is 5.24. The summed E-state index contributed by atoms with van der Waals surface area (Å²) >= 11 is 0. The van der Waals surface area contributed by atoms with E-state index in [1.807, 2.05) is 0 Å². The summed E-state index contributed by atoms with van der Waals surface area (Å²) in [4.78, 5) is 15.5. The highest BCUT2D eigenvalue weighted by atomic mass is 19.2. The maximum absolute atomic E-state index is 13.4. The van der Waals surface area contributed by atoms with Gasteiger partial charge >= 0.3 is 0 Å². The SMILES string of the molecule is O=C(CCNc1ccc(F)c(F)c1F)NCc1ccncc1. The van der Waals surface area contributed by atoms with Crippen LogP contribution < -0.4 is 10.6 Å². The third kappa shape index (κ3) is 4.21. The number of carbonyl (C=O) groups excluding carboxylic acids is 1. The van der Waals surface area contributed by atoms with Crippen molar-refractivity contribution >= 4 is 11.6 Å². The van der Waals surface area contributed by atoms with E-state index in [9.17, 15) is 18.0 Å². The Morgan fingerprint density at radius 3 is 2.50 bits per heavy atom. The van der Waals surface area contributed by atoms with Crippen molar-refractivity contribution in [3.8, 4) is 0 Å². The zero-order chi connectivity index (χ0) is 15.9. The number of aromatic nitrogens is 1. The van der Waals surface area contributed by atoms with Crippen molar-refractivity contribution in [2.24, 2.45) is 0 Å². The largest absolute Gasteiger partial charge is 0.382 e. The molecule has 22 heavy (non-hydrogen) atoms. The molecule has 1 aromatic carbocycles. The van der Waals surface area contributed by atoms with Gasteiger partial charge in [-0.1, -0.05) is 0 Å². The molecule has 0 aliphatic heterocycles. The fraction of sp³-hybridized carbons (Fsp3) is 0.200. The summed E-state index contributed by atoms with van der Waals surface area (Å²) in [5.74, 6) is -4.32. The molecule has 0 atom stereocenters. The Labute approximate surface area is 125 Å². The van der Waals surface area contributed by atoms with Crippen molar-refractivity contribution in [3.05, 3.63) is 59.7 Å². The van der Waals surface area contributed by atoms with E-state index in [2.05, 4.69) is 15.6 Å². The van der Waals surface area contributed by atoms with Gasteiger partial charge in [0.1, 0.15) is 0 Å². The van der Waals surface area contributed by atoms with Crippen LogP contribution in [0.2, 0.25) is 0 Å². The summed E-state index contributed by atoms with van der Waals surface area (Å²) in [6.45, 7) is 0.463. The molecule has 0 fully saturated rings. The zero-order valence-corrected chi connectivity index (χ0v) is 11.6. The molecule has 2 rings (SSSR count). The Kier molecular flexibility index (Phi) is 5.35. The molecule has 1 aromatic heterocycles. The van der Waals surface area contributed by atoms with Crippen LogP contribution in [0.15, 0.2) is 36.7 Å². The number of pyridine rings is 1. The Balaban J connectivity index is 1.77. The average molecular weight is 309 g/mol. The lowest BCUT2D eigenvalue weighted by molar-refractivity contribution is -0.121. The van der Waals surface area contributed by atoms with E-state index >= 15 is 0 Å². The molecule has 2 N–H and O–H groups in total. The van der Waals surface area contributed by atoms with Gasteiger partial charge in [-0.15, -0.1) is 0 Å². The molecule has 7 heteroatoms. The molecule has 4 nitrogen and oxygen atoms in total. The van der Waals surface area contributed by atoms with Crippen LogP contribution in [-0.4, -0.2) is 17.4 Å². The molecular weight excluding hydrogens is 295 g/mol. The Morgan fingerprint density at radius 1 is 1.05 bits per heavy atom.